The summed E-state index contributed by atoms with van der Waals surface area (Å²) in [4.78, 5) is 14.1. The third-order valence-electron chi connectivity index (χ3n) is 3.64. The van der Waals surface area contributed by atoms with E-state index in [0.717, 1.165) is 25.1 Å². The molecule has 0 aliphatic carbocycles. The summed E-state index contributed by atoms with van der Waals surface area (Å²) >= 11 is 5.80. The van der Waals surface area contributed by atoms with E-state index in [-0.39, 0.29) is 18.0 Å². The Bertz CT molecular complexity index is 450. The first-order valence-electron chi connectivity index (χ1n) is 6.99. The standard InChI is InChI=1S/C15H21ClN2O2/c1-11-10-13(17)6-8-18(11)15(19)7-9-20-14-4-2-12(16)3-5-14/h2-5,11,13H,6-10,17H2,1H3/t11-,13+/m0/s1. The summed E-state index contributed by atoms with van der Waals surface area (Å²) in [5.41, 5.74) is 5.90. The first-order chi connectivity index (χ1) is 9.56. The van der Waals surface area contributed by atoms with E-state index in [1.807, 2.05) is 4.90 Å². The van der Waals surface area contributed by atoms with Crippen LogP contribution in [0.3, 0.4) is 0 Å². The van der Waals surface area contributed by atoms with Crippen LogP contribution < -0.4 is 10.5 Å². The monoisotopic (exact) mass is 296 g/mol. The Hall–Kier alpha value is -1.26. The van der Waals surface area contributed by atoms with Crippen LogP contribution in [0.5, 0.6) is 5.75 Å². The van der Waals surface area contributed by atoms with Crippen molar-refractivity contribution in [2.75, 3.05) is 13.2 Å². The van der Waals surface area contributed by atoms with Gasteiger partial charge in [0.2, 0.25) is 5.91 Å². The van der Waals surface area contributed by atoms with Crippen molar-refractivity contribution < 1.29 is 9.53 Å². The summed E-state index contributed by atoms with van der Waals surface area (Å²) in [6, 6.07) is 7.59. The lowest BCUT2D eigenvalue weighted by atomic mass is 9.99. The van der Waals surface area contributed by atoms with Crippen LogP contribution in [0.1, 0.15) is 26.2 Å². The number of amides is 1. The summed E-state index contributed by atoms with van der Waals surface area (Å²) in [6.07, 6.45) is 2.15. The quantitative estimate of drug-likeness (QED) is 0.928. The van der Waals surface area contributed by atoms with E-state index in [0.29, 0.717) is 18.1 Å². The second-order valence-electron chi connectivity index (χ2n) is 5.27. The summed E-state index contributed by atoms with van der Waals surface area (Å²) in [6.45, 7) is 3.19. The summed E-state index contributed by atoms with van der Waals surface area (Å²) in [7, 11) is 0. The maximum atomic E-state index is 12.1. The second-order valence-corrected chi connectivity index (χ2v) is 5.71. The fourth-order valence-corrected chi connectivity index (χ4v) is 2.64. The highest BCUT2D eigenvalue weighted by molar-refractivity contribution is 6.30. The van der Waals surface area contributed by atoms with Crippen LogP contribution in [0.15, 0.2) is 24.3 Å². The Morgan fingerprint density at radius 2 is 2.15 bits per heavy atom. The lowest BCUT2D eigenvalue weighted by Crippen LogP contribution is -2.48. The Labute approximate surface area is 124 Å². The zero-order valence-electron chi connectivity index (χ0n) is 11.7. The number of hydrogen-bond donors (Lipinski definition) is 1. The number of piperidine rings is 1. The van der Waals surface area contributed by atoms with Crippen molar-refractivity contribution in [3.63, 3.8) is 0 Å². The predicted octanol–water partition coefficient (Wildman–Crippen LogP) is 2.45. The van der Waals surface area contributed by atoms with Crippen molar-refractivity contribution in [3.05, 3.63) is 29.3 Å². The fourth-order valence-electron chi connectivity index (χ4n) is 2.51. The Morgan fingerprint density at radius 3 is 2.80 bits per heavy atom. The minimum atomic E-state index is 0.137. The van der Waals surface area contributed by atoms with Crippen molar-refractivity contribution >= 4 is 17.5 Å². The SMILES string of the molecule is C[C@H]1C[C@H](N)CCN1C(=O)CCOc1ccc(Cl)cc1. The molecule has 0 bridgehead atoms. The van der Waals surface area contributed by atoms with Crippen LogP contribution >= 0.6 is 11.6 Å². The number of nitrogens with zero attached hydrogens (tertiary/aromatic N) is 1. The third kappa shape index (κ3) is 4.12. The van der Waals surface area contributed by atoms with Gasteiger partial charge in [-0.3, -0.25) is 4.79 Å². The van der Waals surface area contributed by atoms with Crippen molar-refractivity contribution in [1.29, 1.82) is 0 Å². The smallest absolute Gasteiger partial charge is 0.226 e. The minimum absolute atomic E-state index is 0.137. The molecule has 2 rings (SSSR count). The van der Waals surface area contributed by atoms with Crippen LogP contribution in [0, 0.1) is 0 Å². The summed E-state index contributed by atoms with van der Waals surface area (Å²) < 4.78 is 5.55. The highest BCUT2D eigenvalue weighted by Crippen LogP contribution is 2.18. The molecule has 2 N–H and O–H groups in total. The molecule has 0 unspecified atom stereocenters. The van der Waals surface area contributed by atoms with Crippen molar-refractivity contribution in [2.45, 2.75) is 38.3 Å². The number of halogens is 1. The Balaban J connectivity index is 1.76. The average Bonchev–Trinajstić information content (AvgIpc) is 2.41. The van der Waals surface area contributed by atoms with Gasteiger partial charge >= 0.3 is 0 Å². The molecule has 0 spiro atoms. The molecule has 0 aromatic heterocycles. The number of carbonyl (C=O) groups is 1. The van der Waals surface area contributed by atoms with Crippen molar-refractivity contribution in [3.8, 4) is 5.75 Å². The van der Waals surface area contributed by atoms with Gasteiger partial charge in [0.15, 0.2) is 0 Å². The molecule has 0 radical (unpaired) electrons. The molecule has 1 heterocycles. The maximum absolute atomic E-state index is 12.1. The van der Waals surface area contributed by atoms with Crippen molar-refractivity contribution in [1.82, 2.24) is 4.90 Å². The Morgan fingerprint density at radius 1 is 1.45 bits per heavy atom. The highest BCUT2D eigenvalue weighted by Gasteiger charge is 2.26. The van der Waals surface area contributed by atoms with E-state index in [1.54, 1.807) is 24.3 Å². The number of hydrogen-bond acceptors (Lipinski definition) is 3. The normalized spacial score (nSPS) is 22.6. The molecule has 0 saturated carbocycles. The molecule has 1 saturated heterocycles. The number of ether oxygens (including phenoxy) is 1. The molecule has 1 amide bonds. The highest BCUT2D eigenvalue weighted by atomic mass is 35.5. The van der Waals surface area contributed by atoms with E-state index in [9.17, 15) is 4.79 Å². The molecule has 5 heteroatoms. The summed E-state index contributed by atoms with van der Waals surface area (Å²) in [5, 5.41) is 0.673. The molecule has 20 heavy (non-hydrogen) atoms. The molecular weight excluding hydrogens is 276 g/mol. The van der Waals surface area contributed by atoms with E-state index in [1.165, 1.54) is 0 Å². The lowest BCUT2D eigenvalue weighted by molar-refractivity contribution is -0.135. The van der Waals surface area contributed by atoms with Gasteiger partial charge in [-0.05, 0) is 44.0 Å². The average molecular weight is 297 g/mol. The van der Waals surface area contributed by atoms with Gasteiger partial charge in [0, 0.05) is 23.7 Å². The molecule has 2 atom stereocenters. The third-order valence-corrected chi connectivity index (χ3v) is 3.89. The maximum Gasteiger partial charge on any atom is 0.226 e. The summed E-state index contributed by atoms with van der Waals surface area (Å²) in [5.74, 6) is 0.870. The zero-order chi connectivity index (χ0) is 14.5. The number of likely N-dealkylation sites (tertiary alicyclic amines) is 1. The fraction of sp³-hybridized carbons (Fsp3) is 0.533. The predicted molar refractivity (Wildman–Crippen MR) is 79.9 cm³/mol. The molecule has 110 valence electrons. The molecule has 1 aliphatic heterocycles. The van der Waals surface area contributed by atoms with Crippen LogP contribution in [0.4, 0.5) is 0 Å². The van der Waals surface area contributed by atoms with Gasteiger partial charge in [-0.15, -0.1) is 0 Å². The van der Waals surface area contributed by atoms with Crippen LogP contribution in [-0.4, -0.2) is 36.0 Å². The topological polar surface area (TPSA) is 55.6 Å². The van der Waals surface area contributed by atoms with Crippen LogP contribution in [0.2, 0.25) is 5.02 Å². The van der Waals surface area contributed by atoms with E-state index in [4.69, 9.17) is 22.1 Å². The first kappa shape index (κ1) is 15.1. The van der Waals surface area contributed by atoms with Gasteiger partial charge in [-0.2, -0.15) is 0 Å². The van der Waals surface area contributed by atoms with E-state index < -0.39 is 0 Å². The molecular formula is C15H21ClN2O2. The Kier molecular flexibility index (Phi) is 5.26. The number of carbonyl (C=O) groups excluding carboxylic acids is 1. The van der Waals surface area contributed by atoms with Gasteiger partial charge in [-0.1, -0.05) is 11.6 Å². The van der Waals surface area contributed by atoms with Crippen molar-refractivity contribution in [2.24, 2.45) is 5.73 Å². The molecule has 1 fully saturated rings. The first-order valence-corrected chi connectivity index (χ1v) is 7.37. The van der Waals surface area contributed by atoms with Gasteiger partial charge < -0.3 is 15.4 Å². The number of nitrogens with two attached hydrogens (primary N) is 1. The van der Waals surface area contributed by atoms with Crippen LogP contribution in [-0.2, 0) is 4.79 Å². The number of benzene rings is 1. The lowest BCUT2D eigenvalue weighted by Gasteiger charge is -2.36. The van der Waals surface area contributed by atoms with Gasteiger partial charge in [0.1, 0.15) is 5.75 Å². The van der Waals surface area contributed by atoms with Gasteiger partial charge in [-0.25, -0.2) is 0 Å². The molecule has 1 aromatic rings. The minimum Gasteiger partial charge on any atom is -0.493 e. The van der Waals surface area contributed by atoms with Gasteiger partial charge in [0.25, 0.3) is 0 Å². The largest absolute Gasteiger partial charge is 0.493 e. The van der Waals surface area contributed by atoms with E-state index >= 15 is 0 Å². The van der Waals surface area contributed by atoms with Gasteiger partial charge in [0.05, 0.1) is 13.0 Å². The molecule has 4 nitrogen and oxygen atoms in total. The molecule has 1 aliphatic rings. The molecule has 1 aromatic carbocycles. The van der Waals surface area contributed by atoms with E-state index in [2.05, 4.69) is 6.92 Å². The van der Waals surface area contributed by atoms with Crippen LogP contribution in [0.25, 0.3) is 0 Å². The second kappa shape index (κ2) is 6.95. The zero-order valence-corrected chi connectivity index (χ0v) is 12.5. The number of rotatable bonds is 4.